The minimum Gasteiger partial charge on any atom is -0.497 e. The van der Waals surface area contributed by atoms with E-state index in [0.717, 1.165) is 17.0 Å². The molecule has 10 nitrogen and oxygen atoms in total. The van der Waals surface area contributed by atoms with Gasteiger partial charge in [-0.2, -0.15) is 0 Å². The van der Waals surface area contributed by atoms with Crippen LogP contribution in [0.5, 0.6) is 11.5 Å². The van der Waals surface area contributed by atoms with Crippen LogP contribution >= 0.6 is 0 Å². The Hall–Kier alpha value is -3.66. The fraction of sp³-hybridized carbons (Fsp3) is 0.462. The lowest BCUT2D eigenvalue weighted by atomic mass is 9.75. The fourth-order valence-electron chi connectivity index (χ4n) is 5.99. The predicted octanol–water partition coefficient (Wildman–Crippen LogP) is 1.22. The van der Waals surface area contributed by atoms with Gasteiger partial charge in [0.25, 0.3) is 5.56 Å². The molecule has 2 bridgehead atoms. The average Bonchev–Trinajstić information content (AvgIpc) is 2.87. The van der Waals surface area contributed by atoms with Crippen LogP contribution in [0.2, 0.25) is 0 Å². The molecule has 0 aliphatic carbocycles. The average molecular weight is 495 g/mol. The Balaban J connectivity index is 1.50. The van der Waals surface area contributed by atoms with E-state index in [0.29, 0.717) is 36.7 Å². The molecule has 3 atom stereocenters. The molecule has 0 saturated carbocycles. The number of aromatic nitrogens is 1. The maximum Gasteiger partial charge on any atom is 0.330 e. The van der Waals surface area contributed by atoms with Crippen LogP contribution in [-0.2, 0) is 22.6 Å². The van der Waals surface area contributed by atoms with Crippen molar-refractivity contribution in [3.05, 3.63) is 58.0 Å². The van der Waals surface area contributed by atoms with E-state index >= 15 is 0 Å². The van der Waals surface area contributed by atoms with Crippen LogP contribution in [0.3, 0.4) is 0 Å². The zero-order valence-corrected chi connectivity index (χ0v) is 20.7. The number of nitrogens with one attached hydrogen (secondary N) is 1. The van der Waals surface area contributed by atoms with Gasteiger partial charge >= 0.3 is 6.03 Å². The first kappa shape index (κ1) is 24.1. The molecule has 4 amide bonds. The number of piperidine rings is 1. The van der Waals surface area contributed by atoms with Gasteiger partial charge in [-0.05, 0) is 30.0 Å². The topological polar surface area (TPSA) is 110 Å². The summed E-state index contributed by atoms with van der Waals surface area (Å²) in [5, 5.41) is 2.38. The summed E-state index contributed by atoms with van der Waals surface area (Å²) < 4.78 is 12.7. The van der Waals surface area contributed by atoms with E-state index in [1.54, 1.807) is 37.4 Å². The lowest BCUT2D eigenvalue weighted by Crippen LogP contribution is -2.67. The monoisotopic (exact) mass is 494 g/mol. The second kappa shape index (κ2) is 9.09. The summed E-state index contributed by atoms with van der Waals surface area (Å²) in [6.07, 6.45) is 1.02. The van der Waals surface area contributed by atoms with Gasteiger partial charge in [0.1, 0.15) is 16.9 Å². The van der Waals surface area contributed by atoms with E-state index in [4.69, 9.17) is 9.47 Å². The number of amides is 4. The van der Waals surface area contributed by atoms with Gasteiger partial charge in [0.2, 0.25) is 11.8 Å². The van der Waals surface area contributed by atoms with E-state index in [9.17, 15) is 19.2 Å². The Bertz CT molecular complexity index is 1290. The van der Waals surface area contributed by atoms with Crippen molar-refractivity contribution >= 4 is 17.8 Å². The van der Waals surface area contributed by atoms with Crippen LogP contribution in [0.1, 0.15) is 23.6 Å². The number of ether oxygens (including phenoxy) is 2. The highest BCUT2D eigenvalue weighted by Crippen LogP contribution is 2.39. The number of carbonyl (C=O) groups is 3. The molecule has 2 fully saturated rings. The molecule has 2 aromatic rings. The molecule has 4 heterocycles. The van der Waals surface area contributed by atoms with Gasteiger partial charge in [0.05, 0.1) is 14.2 Å². The summed E-state index contributed by atoms with van der Waals surface area (Å²) in [4.78, 5) is 54.9. The lowest BCUT2D eigenvalue weighted by Gasteiger charge is -2.47. The molecule has 2 saturated heterocycles. The standard InChI is InChI=1S/C26H30N4O6/c1-28-24(33)26(23(32)27-25(28)34,11-17-7-8-19(35-2)10-21(17)36-3)15-29-12-16-9-18(14-29)20-5-4-6-22(31)30(20)13-16/h4-8,10,16,18H,9,11-15H2,1-3H3,(H,27,32,34)/t16-,18+,26-/m1/s1. The van der Waals surface area contributed by atoms with Crippen molar-refractivity contribution in [1.82, 2.24) is 19.7 Å². The first-order chi connectivity index (χ1) is 17.3. The number of hydrogen-bond acceptors (Lipinski definition) is 7. The first-order valence-electron chi connectivity index (χ1n) is 12.0. The van der Waals surface area contributed by atoms with E-state index < -0.39 is 23.3 Å². The van der Waals surface area contributed by atoms with Gasteiger partial charge in [-0.15, -0.1) is 0 Å². The van der Waals surface area contributed by atoms with E-state index in [2.05, 4.69) is 10.2 Å². The summed E-state index contributed by atoms with van der Waals surface area (Å²) >= 11 is 0. The van der Waals surface area contributed by atoms with Gasteiger partial charge in [-0.1, -0.05) is 12.1 Å². The maximum absolute atomic E-state index is 13.7. The Kier molecular flexibility index (Phi) is 6.07. The molecule has 3 aliphatic rings. The highest BCUT2D eigenvalue weighted by Gasteiger charge is 2.54. The highest BCUT2D eigenvalue weighted by atomic mass is 16.5. The van der Waals surface area contributed by atoms with E-state index in [-0.39, 0.29) is 30.4 Å². The third kappa shape index (κ3) is 3.95. The normalized spacial score (nSPS) is 25.9. The van der Waals surface area contributed by atoms with E-state index in [1.807, 2.05) is 10.6 Å². The zero-order chi connectivity index (χ0) is 25.6. The molecule has 1 aromatic heterocycles. The van der Waals surface area contributed by atoms with Crippen LogP contribution in [0, 0.1) is 11.3 Å². The number of pyridine rings is 1. The van der Waals surface area contributed by atoms with Crippen LogP contribution in [0.4, 0.5) is 4.79 Å². The lowest BCUT2D eigenvalue weighted by molar-refractivity contribution is -0.152. The van der Waals surface area contributed by atoms with Gasteiger partial charge in [-0.3, -0.25) is 24.6 Å². The van der Waals surface area contributed by atoms with Crippen molar-refractivity contribution in [3.63, 3.8) is 0 Å². The summed E-state index contributed by atoms with van der Waals surface area (Å²) in [6.45, 7) is 2.02. The van der Waals surface area contributed by atoms with Gasteiger partial charge in [0, 0.05) is 63.4 Å². The number of urea groups is 1. The Morgan fingerprint density at radius 2 is 1.83 bits per heavy atom. The number of rotatable bonds is 6. The quantitative estimate of drug-likeness (QED) is 0.602. The molecule has 3 aliphatic heterocycles. The highest BCUT2D eigenvalue weighted by molar-refractivity contribution is 6.19. The number of benzene rings is 1. The largest absolute Gasteiger partial charge is 0.497 e. The van der Waals surface area contributed by atoms with Crippen molar-refractivity contribution in [2.45, 2.75) is 25.3 Å². The number of methoxy groups -OCH3 is 2. The molecule has 0 spiro atoms. The number of likely N-dealkylation sites (tertiary alicyclic amines) is 1. The minimum atomic E-state index is -1.52. The van der Waals surface area contributed by atoms with Crippen molar-refractivity contribution in [2.75, 3.05) is 40.9 Å². The second-order valence-electron chi connectivity index (χ2n) is 9.95. The summed E-state index contributed by atoms with van der Waals surface area (Å²) in [5.41, 5.74) is 0.132. The van der Waals surface area contributed by atoms with Gasteiger partial charge in [-0.25, -0.2) is 4.79 Å². The summed E-state index contributed by atoms with van der Waals surface area (Å²) in [5.74, 6) is 0.291. The Morgan fingerprint density at radius 1 is 1.03 bits per heavy atom. The molecule has 1 aromatic carbocycles. The van der Waals surface area contributed by atoms with Crippen molar-refractivity contribution in [3.8, 4) is 11.5 Å². The van der Waals surface area contributed by atoms with Crippen LogP contribution in [0.15, 0.2) is 41.2 Å². The number of barbiturate groups is 1. The maximum atomic E-state index is 13.7. The smallest absolute Gasteiger partial charge is 0.330 e. The minimum absolute atomic E-state index is 0.000643. The molecule has 0 radical (unpaired) electrons. The fourth-order valence-corrected chi connectivity index (χ4v) is 5.99. The van der Waals surface area contributed by atoms with Crippen LogP contribution < -0.4 is 20.3 Å². The number of fused-ring (bicyclic) bond motifs is 4. The Labute approximate surface area is 208 Å². The van der Waals surface area contributed by atoms with Gasteiger partial charge < -0.3 is 18.9 Å². The van der Waals surface area contributed by atoms with Crippen molar-refractivity contribution < 1.29 is 23.9 Å². The van der Waals surface area contributed by atoms with Crippen molar-refractivity contribution in [1.29, 1.82) is 0 Å². The number of imide groups is 2. The zero-order valence-electron chi connectivity index (χ0n) is 20.7. The number of hydrogen-bond donors (Lipinski definition) is 1. The van der Waals surface area contributed by atoms with E-state index in [1.165, 1.54) is 14.2 Å². The molecule has 36 heavy (non-hydrogen) atoms. The molecule has 5 rings (SSSR count). The van der Waals surface area contributed by atoms with Crippen LogP contribution in [-0.4, -0.2) is 73.1 Å². The first-order valence-corrected chi connectivity index (χ1v) is 12.0. The Morgan fingerprint density at radius 3 is 2.58 bits per heavy atom. The summed E-state index contributed by atoms with van der Waals surface area (Å²) in [6, 6.07) is 9.86. The third-order valence-corrected chi connectivity index (χ3v) is 7.71. The van der Waals surface area contributed by atoms with Gasteiger partial charge in [0.15, 0.2) is 0 Å². The SMILES string of the molecule is COc1ccc(C[C@@]2(CN3C[C@H]4C[C@@H](C3)c3cccc(=O)n3C4)C(=O)NC(=O)N(C)C2=O)c(OC)c1. The molecule has 10 heteroatoms. The van der Waals surface area contributed by atoms with Crippen LogP contribution in [0.25, 0.3) is 0 Å². The summed E-state index contributed by atoms with van der Waals surface area (Å²) in [7, 11) is 4.46. The molecular formula is C26H30N4O6. The second-order valence-corrected chi connectivity index (χ2v) is 9.95. The predicted molar refractivity (Wildman–Crippen MR) is 130 cm³/mol. The van der Waals surface area contributed by atoms with Crippen molar-refractivity contribution in [2.24, 2.45) is 11.3 Å². The number of nitrogens with zero attached hydrogens (tertiary/aromatic N) is 3. The molecule has 1 N–H and O–H groups in total. The molecule has 0 unspecified atom stereocenters. The molecule has 190 valence electrons. The third-order valence-electron chi connectivity index (χ3n) is 7.71. The molecular weight excluding hydrogens is 464 g/mol. The number of carbonyl (C=O) groups excluding carboxylic acids is 3.